The first-order chi connectivity index (χ1) is 16.5. The lowest BCUT2D eigenvalue weighted by molar-refractivity contribution is -0.115. The Labute approximate surface area is 203 Å². The molecule has 2 aromatic carbocycles. The zero-order chi connectivity index (χ0) is 24.1. The number of anilines is 2. The number of piperidine rings is 1. The van der Waals surface area contributed by atoms with Gasteiger partial charge < -0.3 is 15.0 Å². The molecule has 1 aliphatic heterocycles. The number of hydrogen-bond donors (Lipinski definition) is 1. The number of ether oxygens (including phenoxy) is 1. The Morgan fingerprint density at radius 2 is 1.74 bits per heavy atom. The standard InChI is InChI=1S/C25H29N5O3S/c1-17(31)19-11-5-6-12-20(19)26-23(32)18(2)34-25-28-27-24(29-15-9-4-10-16-29)30(25)21-13-7-8-14-22(21)33-3/h5-8,11-14,18H,4,9-10,15-16H2,1-3H3,(H,26,32). The molecule has 0 spiro atoms. The van der Waals surface area contributed by atoms with E-state index in [-0.39, 0.29) is 11.7 Å². The number of ketones is 1. The summed E-state index contributed by atoms with van der Waals surface area (Å²) in [6.07, 6.45) is 3.42. The van der Waals surface area contributed by atoms with Gasteiger partial charge in [0.25, 0.3) is 0 Å². The van der Waals surface area contributed by atoms with E-state index in [0.717, 1.165) is 37.6 Å². The topological polar surface area (TPSA) is 89.3 Å². The van der Waals surface area contributed by atoms with E-state index in [0.29, 0.717) is 22.2 Å². The number of nitrogens with zero attached hydrogens (tertiary/aromatic N) is 4. The lowest BCUT2D eigenvalue weighted by Gasteiger charge is -2.28. The lowest BCUT2D eigenvalue weighted by atomic mass is 10.1. The van der Waals surface area contributed by atoms with Gasteiger partial charge in [-0.2, -0.15) is 0 Å². The van der Waals surface area contributed by atoms with E-state index >= 15 is 0 Å². The number of benzene rings is 2. The van der Waals surface area contributed by atoms with Crippen LogP contribution < -0.4 is 15.0 Å². The summed E-state index contributed by atoms with van der Waals surface area (Å²) in [5.41, 5.74) is 1.82. The molecule has 1 aromatic heterocycles. The molecule has 1 aliphatic rings. The van der Waals surface area contributed by atoms with Gasteiger partial charge in [-0.05, 0) is 57.4 Å². The highest BCUT2D eigenvalue weighted by Crippen LogP contribution is 2.34. The highest BCUT2D eigenvalue weighted by Gasteiger charge is 2.26. The summed E-state index contributed by atoms with van der Waals surface area (Å²) in [7, 11) is 1.64. The van der Waals surface area contributed by atoms with Gasteiger partial charge in [0.05, 0.1) is 23.7 Å². The van der Waals surface area contributed by atoms with Crippen molar-refractivity contribution in [3.05, 3.63) is 54.1 Å². The van der Waals surface area contributed by atoms with Crippen molar-refractivity contribution in [2.45, 2.75) is 43.5 Å². The van der Waals surface area contributed by atoms with E-state index in [4.69, 9.17) is 4.74 Å². The fourth-order valence-electron chi connectivity index (χ4n) is 4.01. The number of aromatic nitrogens is 3. The van der Waals surface area contributed by atoms with Crippen LogP contribution in [0, 0.1) is 0 Å². The molecule has 9 heteroatoms. The van der Waals surface area contributed by atoms with Crippen LogP contribution in [-0.4, -0.2) is 51.9 Å². The summed E-state index contributed by atoms with van der Waals surface area (Å²) < 4.78 is 7.59. The van der Waals surface area contributed by atoms with Gasteiger partial charge in [0, 0.05) is 18.7 Å². The van der Waals surface area contributed by atoms with E-state index < -0.39 is 5.25 Å². The summed E-state index contributed by atoms with van der Waals surface area (Å²) in [6.45, 7) is 5.13. The first-order valence-corrected chi connectivity index (χ1v) is 12.3. The van der Waals surface area contributed by atoms with Gasteiger partial charge in [0.15, 0.2) is 10.9 Å². The van der Waals surface area contributed by atoms with E-state index in [1.54, 1.807) is 31.4 Å². The second-order valence-electron chi connectivity index (χ2n) is 8.19. The minimum Gasteiger partial charge on any atom is -0.495 e. The molecule has 4 rings (SSSR count). The number of para-hydroxylation sites is 3. The second-order valence-corrected chi connectivity index (χ2v) is 9.50. The number of carbonyl (C=O) groups is 2. The molecule has 3 aromatic rings. The molecule has 0 radical (unpaired) electrons. The van der Waals surface area contributed by atoms with Gasteiger partial charge in [-0.15, -0.1) is 10.2 Å². The maximum absolute atomic E-state index is 13.0. The number of thioether (sulfide) groups is 1. The Morgan fingerprint density at radius 3 is 2.47 bits per heavy atom. The van der Waals surface area contributed by atoms with Crippen LogP contribution in [0.5, 0.6) is 5.75 Å². The first-order valence-electron chi connectivity index (χ1n) is 11.4. The highest BCUT2D eigenvalue weighted by atomic mass is 32.2. The smallest absolute Gasteiger partial charge is 0.237 e. The summed E-state index contributed by atoms with van der Waals surface area (Å²) in [5, 5.41) is 12.0. The van der Waals surface area contributed by atoms with E-state index in [1.807, 2.05) is 35.8 Å². The quantitative estimate of drug-likeness (QED) is 0.373. The van der Waals surface area contributed by atoms with Gasteiger partial charge in [-0.25, -0.2) is 0 Å². The van der Waals surface area contributed by atoms with Crippen LogP contribution in [-0.2, 0) is 4.79 Å². The number of rotatable bonds is 8. The van der Waals surface area contributed by atoms with Gasteiger partial charge >= 0.3 is 0 Å². The molecule has 0 aliphatic carbocycles. The Morgan fingerprint density at radius 1 is 1.03 bits per heavy atom. The van der Waals surface area contributed by atoms with Crippen molar-refractivity contribution in [2.75, 3.05) is 30.4 Å². The van der Waals surface area contributed by atoms with Crippen LogP contribution in [0.3, 0.4) is 0 Å². The first kappa shape index (κ1) is 23.8. The minimum absolute atomic E-state index is 0.0988. The zero-order valence-electron chi connectivity index (χ0n) is 19.7. The molecular formula is C25H29N5O3S. The number of amides is 1. The number of Topliss-reactive ketones (excluding diaryl/α,β-unsaturated/α-hetero) is 1. The van der Waals surface area contributed by atoms with Crippen molar-refractivity contribution in [2.24, 2.45) is 0 Å². The minimum atomic E-state index is -0.480. The third kappa shape index (κ3) is 5.09. The fourth-order valence-corrected chi connectivity index (χ4v) is 4.86. The molecule has 1 saturated heterocycles. The fraction of sp³-hybridized carbons (Fsp3) is 0.360. The average molecular weight is 480 g/mol. The predicted octanol–water partition coefficient (Wildman–Crippen LogP) is 4.59. The SMILES string of the molecule is COc1ccccc1-n1c(SC(C)C(=O)Nc2ccccc2C(C)=O)nnc1N1CCCCC1. The van der Waals surface area contributed by atoms with Crippen LogP contribution in [0.4, 0.5) is 11.6 Å². The van der Waals surface area contributed by atoms with Crippen molar-refractivity contribution in [3.8, 4) is 11.4 Å². The third-order valence-electron chi connectivity index (χ3n) is 5.80. The molecule has 1 amide bonds. The molecule has 0 saturated carbocycles. The molecule has 0 bridgehead atoms. The van der Waals surface area contributed by atoms with Crippen LogP contribution in [0.2, 0.25) is 0 Å². The van der Waals surface area contributed by atoms with E-state index in [2.05, 4.69) is 20.4 Å². The molecule has 34 heavy (non-hydrogen) atoms. The van der Waals surface area contributed by atoms with Gasteiger partial charge in [0.1, 0.15) is 5.75 Å². The average Bonchev–Trinajstić information content (AvgIpc) is 3.27. The summed E-state index contributed by atoms with van der Waals surface area (Å²) in [6, 6.07) is 14.7. The van der Waals surface area contributed by atoms with Crippen molar-refractivity contribution < 1.29 is 14.3 Å². The Hall–Kier alpha value is -3.33. The molecule has 1 atom stereocenters. The van der Waals surface area contributed by atoms with E-state index in [1.165, 1.54) is 25.1 Å². The van der Waals surface area contributed by atoms with Gasteiger partial charge in [-0.3, -0.25) is 14.2 Å². The number of methoxy groups -OCH3 is 1. The number of nitrogens with one attached hydrogen (secondary N) is 1. The molecule has 1 unspecified atom stereocenters. The van der Waals surface area contributed by atoms with Crippen LogP contribution in [0.25, 0.3) is 5.69 Å². The molecule has 2 heterocycles. The molecule has 1 fully saturated rings. The Balaban J connectivity index is 1.63. The lowest BCUT2D eigenvalue weighted by Crippen LogP contribution is -2.32. The van der Waals surface area contributed by atoms with Crippen molar-refractivity contribution >= 4 is 35.1 Å². The Bertz CT molecular complexity index is 1170. The summed E-state index contributed by atoms with van der Waals surface area (Å²) in [4.78, 5) is 27.2. The Kier molecular flexibility index (Phi) is 7.52. The van der Waals surface area contributed by atoms with Crippen molar-refractivity contribution in [1.29, 1.82) is 0 Å². The maximum atomic E-state index is 13.0. The van der Waals surface area contributed by atoms with Gasteiger partial charge in [0.2, 0.25) is 11.9 Å². The van der Waals surface area contributed by atoms with Crippen molar-refractivity contribution in [1.82, 2.24) is 14.8 Å². The summed E-state index contributed by atoms with van der Waals surface area (Å²) in [5.74, 6) is 1.14. The molecule has 178 valence electrons. The monoisotopic (exact) mass is 479 g/mol. The molecule has 8 nitrogen and oxygen atoms in total. The molecule has 1 N–H and O–H groups in total. The molecular weight excluding hydrogens is 450 g/mol. The number of carbonyl (C=O) groups excluding carboxylic acids is 2. The second kappa shape index (κ2) is 10.7. The van der Waals surface area contributed by atoms with Crippen LogP contribution >= 0.6 is 11.8 Å². The zero-order valence-corrected chi connectivity index (χ0v) is 20.5. The van der Waals surface area contributed by atoms with Crippen LogP contribution in [0.1, 0.15) is 43.5 Å². The van der Waals surface area contributed by atoms with Crippen LogP contribution in [0.15, 0.2) is 53.7 Å². The van der Waals surface area contributed by atoms with Gasteiger partial charge in [-0.1, -0.05) is 36.0 Å². The van der Waals surface area contributed by atoms with E-state index in [9.17, 15) is 9.59 Å². The summed E-state index contributed by atoms with van der Waals surface area (Å²) >= 11 is 1.32. The number of hydrogen-bond acceptors (Lipinski definition) is 7. The maximum Gasteiger partial charge on any atom is 0.237 e. The predicted molar refractivity (Wildman–Crippen MR) is 134 cm³/mol. The van der Waals surface area contributed by atoms with Crippen molar-refractivity contribution in [3.63, 3.8) is 0 Å². The normalized spacial score (nSPS) is 14.5. The third-order valence-corrected chi connectivity index (χ3v) is 6.84. The highest BCUT2D eigenvalue weighted by molar-refractivity contribution is 8.00. The largest absolute Gasteiger partial charge is 0.495 e.